The number of rotatable bonds is 3. The lowest BCUT2D eigenvalue weighted by Gasteiger charge is -2.26. The van der Waals surface area contributed by atoms with Gasteiger partial charge in [-0.05, 0) is 39.0 Å². The van der Waals surface area contributed by atoms with Crippen LogP contribution < -0.4 is 5.32 Å². The summed E-state index contributed by atoms with van der Waals surface area (Å²) in [6, 6.07) is 0. The summed E-state index contributed by atoms with van der Waals surface area (Å²) in [5.74, 6) is 2.23. The first-order valence-electron chi connectivity index (χ1n) is 7.27. The summed E-state index contributed by atoms with van der Waals surface area (Å²) in [4.78, 5) is 8.51. The maximum atomic E-state index is 9.73. The van der Waals surface area contributed by atoms with E-state index in [9.17, 15) is 5.11 Å². The van der Waals surface area contributed by atoms with Crippen LogP contribution in [0.5, 0.6) is 0 Å². The molecule has 5 nitrogen and oxygen atoms in total. The highest BCUT2D eigenvalue weighted by Gasteiger charge is 2.21. The Kier molecular flexibility index (Phi) is 3.61. The normalized spacial score (nSPS) is 23.1. The fourth-order valence-electron chi connectivity index (χ4n) is 3.01. The molecule has 1 aliphatic rings. The highest BCUT2D eigenvalue weighted by Crippen LogP contribution is 2.29. The van der Waals surface area contributed by atoms with Gasteiger partial charge in [0.2, 0.25) is 5.71 Å². The molecule has 0 aliphatic heterocycles. The van der Waals surface area contributed by atoms with Crippen molar-refractivity contribution in [2.24, 2.45) is 5.92 Å². The molecule has 20 heavy (non-hydrogen) atoms. The Labute approximate surface area is 118 Å². The molecule has 2 aromatic rings. The van der Waals surface area contributed by atoms with Gasteiger partial charge in [0.25, 0.3) is 0 Å². The number of hydrogen-bond acceptors (Lipinski definition) is 5. The SMILES string of the molecule is Cc1oc2ncnc(NCC3CCCC(O)C3)c2c1C. The largest absolute Gasteiger partial charge is 0.443 e. The number of anilines is 1. The highest BCUT2D eigenvalue weighted by atomic mass is 16.3. The van der Waals surface area contributed by atoms with E-state index in [0.717, 1.165) is 48.3 Å². The van der Waals surface area contributed by atoms with E-state index in [-0.39, 0.29) is 6.10 Å². The molecule has 0 saturated heterocycles. The van der Waals surface area contributed by atoms with Crippen molar-refractivity contribution in [2.45, 2.75) is 45.6 Å². The van der Waals surface area contributed by atoms with Crippen molar-refractivity contribution < 1.29 is 9.52 Å². The van der Waals surface area contributed by atoms with E-state index < -0.39 is 0 Å². The van der Waals surface area contributed by atoms with Gasteiger partial charge in [-0.15, -0.1) is 0 Å². The lowest BCUT2D eigenvalue weighted by atomic mass is 9.87. The number of furan rings is 1. The smallest absolute Gasteiger partial charge is 0.231 e. The van der Waals surface area contributed by atoms with Gasteiger partial charge in [0.15, 0.2) is 0 Å². The Morgan fingerprint density at radius 1 is 1.35 bits per heavy atom. The van der Waals surface area contributed by atoms with Gasteiger partial charge < -0.3 is 14.8 Å². The van der Waals surface area contributed by atoms with Crippen molar-refractivity contribution >= 4 is 16.9 Å². The van der Waals surface area contributed by atoms with Gasteiger partial charge >= 0.3 is 0 Å². The summed E-state index contributed by atoms with van der Waals surface area (Å²) in [6.07, 6.45) is 5.48. The summed E-state index contributed by atoms with van der Waals surface area (Å²) < 4.78 is 5.62. The lowest BCUT2D eigenvalue weighted by molar-refractivity contribution is 0.104. The first kappa shape index (κ1) is 13.4. The second-order valence-electron chi connectivity index (χ2n) is 5.75. The molecular formula is C15H21N3O2. The molecule has 0 spiro atoms. The molecule has 2 unspecified atom stereocenters. The van der Waals surface area contributed by atoms with Gasteiger partial charge in [0, 0.05) is 12.1 Å². The third kappa shape index (κ3) is 2.50. The van der Waals surface area contributed by atoms with Crippen LogP contribution in [0, 0.1) is 19.8 Å². The molecule has 0 bridgehead atoms. The predicted molar refractivity (Wildman–Crippen MR) is 77.7 cm³/mol. The topological polar surface area (TPSA) is 71.2 Å². The average molecular weight is 275 g/mol. The first-order valence-corrected chi connectivity index (χ1v) is 7.27. The van der Waals surface area contributed by atoms with Crippen LogP contribution in [-0.4, -0.2) is 27.7 Å². The van der Waals surface area contributed by atoms with Crippen molar-refractivity contribution in [3.8, 4) is 0 Å². The number of fused-ring (bicyclic) bond motifs is 1. The maximum absolute atomic E-state index is 9.73. The number of aliphatic hydroxyl groups excluding tert-OH is 1. The number of aliphatic hydroxyl groups is 1. The summed E-state index contributed by atoms with van der Waals surface area (Å²) >= 11 is 0. The van der Waals surface area contributed by atoms with Crippen molar-refractivity contribution in [3.05, 3.63) is 17.7 Å². The fourth-order valence-corrected chi connectivity index (χ4v) is 3.01. The summed E-state index contributed by atoms with van der Waals surface area (Å²) in [6.45, 7) is 4.81. The zero-order chi connectivity index (χ0) is 14.1. The van der Waals surface area contributed by atoms with E-state index in [1.165, 1.54) is 12.7 Å². The van der Waals surface area contributed by atoms with Crippen LogP contribution in [0.25, 0.3) is 11.1 Å². The third-order valence-corrected chi connectivity index (χ3v) is 4.28. The lowest BCUT2D eigenvalue weighted by Crippen LogP contribution is -2.25. The second kappa shape index (κ2) is 5.40. The number of nitrogens with one attached hydrogen (secondary N) is 1. The highest BCUT2D eigenvalue weighted by molar-refractivity contribution is 5.89. The third-order valence-electron chi connectivity index (χ3n) is 4.28. The molecule has 0 radical (unpaired) electrons. The van der Waals surface area contributed by atoms with Crippen molar-refractivity contribution in [1.82, 2.24) is 9.97 Å². The summed E-state index contributed by atoms with van der Waals surface area (Å²) in [5, 5.41) is 14.1. The zero-order valence-corrected chi connectivity index (χ0v) is 12.0. The number of hydrogen-bond donors (Lipinski definition) is 2. The molecule has 0 aromatic carbocycles. The van der Waals surface area contributed by atoms with Gasteiger partial charge in [-0.25, -0.2) is 9.97 Å². The minimum atomic E-state index is -0.140. The molecule has 2 N–H and O–H groups in total. The second-order valence-corrected chi connectivity index (χ2v) is 5.75. The molecule has 5 heteroatoms. The minimum Gasteiger partial charge on any atom is -0.443 e. The van der Waals surface area contributed by atoms with Crippen LogP contribution in [0.3, 0.4) is 0 Å². The van der Waals surface area contributed by atoms with Crippen LogP contribution in [-0.2, 0) is 0 Å². The summed E-state index contributed by atoms with van der Waals surface area (Å²) in [7, 11) is 0. The van der Waals surface area contributed by atoms with Gasteiger partial charge in [-0.2, -0.15) is 0 Å². The first-order chi connectivity index (χ1) is 9.65. The van der Waals surface area contributed by atoms with E-state index in [1.54, 1.807) is 0 Å². The van der Waals surface area contributed by atoms with Crippen LogP contribution in [0.1, 0.15) is 37.0 Å². The Balaban J connectivity index is 1.77. The fraction of sp³-hybridized carbons (Fsp3) is 0.600. The predicted octanol–water partition coefficient (Wildman–Crippen LogP) is 2.80. The Morgan fingerprint density at radius 2 is 2.20 bits per heavy atom. The monoisotopic (exact) mass is 275 g/mol. The summed E-state index contributed by atoms with van der Waals surface area (Å²) in [5.41, 5.74) is 1.73. The number of nitrogens with zero attached hydrogens (tertiary/aromatic N) is 2. The molecule has 3 rings (SSSR count). The van der Waals surface area contributed by atoms with Crippen molar-refractivity contribution in [2.75, 3.05) is 11.9 Å². The van der Waals surface area contributed by atoms with Gasteiger partial charge in [0.05, 0.1) is 11.5 Å². The van der Waals surface area contributed by atoms with Crippen LogP contribution >= 0.6 is 0 Å². The molecule has 1 saturated carbocycles. The average Bonchev–Trinajstić information content (AvgIpc) is 2.73. The van der Waals surface area contributed by atoms with Gasteiger partial charge in [-0.3, -0.25) is 0 Å². The number of aryl methyl sites for hydroxylation is 2. The van der Waals surface area contributed by atoms with E-state index in [1.807, 2.05) is 13.8 Å². The minimum absolute atomic E-state index is 0.140. The molecular weight excluding hydrogens is 254 g/mol. The Hall–Kier alpha value is -1.62. The van der Waals surface area contributed by atoms with Crippen molar-refractivity contribution in [3.63, 3.8) is 0 Å². The Morgan fingerprint density at radius 3 is 3.00 bits per heavy atom. The van der Waals surface area contributed by atoms with Crippen LogP contribution in [0.15, 0.2) is 10.7 Å². The van der Waals surface area contributed by atoms with E-state index in [0.29, 0.717) is 11.6 Å². The molecule has 1 fully saturated rings. The molecule has 0 amide bonds. The number of aromatic nitrogens is 2. The van der Waals surface area contributed by atoms with E-state index in [2.05, 4.69) is 15.3 Å². The van der Waals surface area contributed by atoms with E-state index in [4.69, 9.17) is 4.42 Å². The Bertz CT molecular complexity index is 608. The van der Waals surface area contributed by atoms with Gasteiger partial charge in [-0.1, -0.05) is 6.42 Å². The quantitative estimate of drug-likeness (QED) is 0.901. The maximum Gasteiger partial charge on any atom is 0.231 e. The molecule has 1 aliphatic carbocycles. The molecule has 2 atom stereocenters. The van der Waals surface area contributed by atoms with E-state index >= 15 is 0 Å². The standard InChI is InChI=1S/C15H21N3O2/c1-9-10(2)20-15-13(9)14(17-8-18-15)16-7-11-4-3-5-12(19)6-11/h8,11-12,19H,3-7H2,1-2H3,(H,16,17,18). The molecule has 2 aromatic heterocycles. The van der Waals surface area contributed by atoms with Crippen LogP contribution in [0.2, 0.25) is 0 Å². The zero-order valence-electron chi connectivity index (χ0n) is 12.0. The molecule has 108 valence electrons. The molecule has 2 heterocycles. The van der Waals surface area contributed by atoms with Crippen molar-refractivity contribution in [1.29, 1.82) is 0 Å². The van der Waals surface area contributed by atoms with Crippen LogP contribution in [0.4, 0.5) is 5.82 Å². The van der Waals surface area contributed by atoms with Gasteiger partial charge in [0.1, 0.15) is 17.9 Å².